The predicted octanol–water partition coefficient (Wildman–Crippen LogP) is 4.16. The largest absolute Gasteiger partial charge is 0.439 e. The van der Waals surface area contributed by atoms with Crippen LogP contribution in [0.1, 0.15) is 0 Å². The number of hydrogen-bond donors (Lipinski definition) is 0. The van der Waals surface area contributed by atoms with Gasteiger partial charge in [0, 0.05) is 7.11 Å². The van der Waals surface area contributed by atoms with Gasteiger partial charge in [-0.25, -0.2) is 4.74 Å². The van der Waals surface area contributed by atoms with E-state index >= 15 is 0 Å². The minimum Gasteiger partial charge on any atom is -0.319 e. The van der Waals surface area contributed by atoms with Crippen molar-refractivity contribution in [1.29, 1.82) is 0 Å². The fourth-order valence-electron chi connectivity index (χ4n) is 1.52. The molecule has 0 unspecified atom stereocenters. The van der Waals surface area contributed by atoms with Crippen LogP contribution in [0.3, 0.4) is 0 Å². The number of morpholine rings is 1. The van der Waals surface area contributed by atoms with E-state index in [0.717, 1.165) is 0 Å². The number of ether oxygens (including phenoxy) is 2. The van der Waals surface area contributed by atoms with E-state index in [0.29, 0.717) is 0 Å². The number of hydrogen-bond acceptors (Lipinski definition) is 3. The fraction of sp³-hybridized carbons (Fsp3) is 1.00. The normalized spacial score (nSPS) is 26.5. The van der Waals surface area contributed by atoms with Gasteiger partial charge in [0.05, 0.1) is 0 Å². The van der Waals surface area contributed by atoms with Crippen molar-refractivity contribution < 1.29 is 70.9 Å². The van der Waals surface area contributed by atoms with Gasteiger partial charge in [0.15, 0.2) is 0 Å². The maximum atomic E-state index is 13.4. The highest BCUT2D eigenvalue weighted by Crippen LogP contribution is 2.62. The summed E-state index contributed by atoms with van der Waals surface area (Å²) < 4.78 is 186. The van der Waals surface area contributed by atoms with Crippen molar-refractivity contribution in [3.63, 3.8) is 0 Å². The van der Waals surface area contributed by atoms with Gasteiger partial charge in [-0.3, -0.25) is 0 Å². The van der Waals surface area contributed by atoms with Crippen LogP contribution in [0.5, 0.6) is 0 Å². The van der Waals surface area contributed by atoms with Crippen LogP contribution < -0.4 is 0 Å². The summed E-state index contributed by atoms with van der Waals surface area (Å²) in [5, 5.41) is 0. The minimum absolute atomic E-state index is 0.414. The molecule has 17 heteroatoms. The Labute approximate surface area is 127 Å². The third-order valence-electron chi connectivity index (χ3n) is 2.80. The van der Waals surface area contributed by atoms with Crippen molar-refractivity contribution >= 4 is 0 Å². The summed E-state index contributed by atoms with van der Waals surface area (Å²) in [5.74, 6) is -7.40. The maximum Gasteiger partial charge on any atom is 0.439 e. The summed E-state index contributed by atoms with van der Waals surface area (Å²) in [5.41, 5.74) is 0. The molecule has 0 aromatic carbocycles. The Balaban J connectivity index is 3.73. The summed E-state index contributed by atoms with van der Waals surface area (Å²) in [7, 11) is -0.414. The second-order valence-electron chi connectivity index (χ2n) is 4.39. The smallest absolute Gasteiger partial charge is 0.319 e. The Bertz CT molecular complexity index is 505. The molecule has 0 bridgehead atoms. The van der Waals surface area contributed by atoms with E-state index < -0.39 is 54.4 Å². The van der Waals surface area contributed by atoms with E-state index in [4.69, 9.17) is 0 Å². The number of halogens is 14. The molecule has 25 heavy (non-hydrogen) atoms. The Morgan fingerprint density at radius 2 is 1.04 bits per heavy atom. The average molecular weight is 411 g/mol. The lowest BCUT2D eigenvalue weighted by atomic mass is 10.1. The van der Waals surface area contributed by atoms with Crippen molar-refractivity contribution in [2.45, 2.75) is 42.4 Å². The second-order valence-corrected chi connectivity index (χ2v) is 4.39. The number of rotatable bonds is 4. The van der Waals surface area contributed by atoms with Crippen LogP contribution >= 0.6 is 0 Å². The number of nitrogens with zero attached hydrogens (tertiary/aromatic N) is 1. The first-order chi connectivity index (χ1) is 10.6. The number of methoxy groups -OCH3 is 1. The van der Waals surface area contributed by atoms with Gasteiger partial charge in [0.25, 0.3) is 0 Å². The molecule has 0 amide bonds. The summed E-state index contributed by atoms with van der Waals surface area (Å²) >= 11 is 0. The van der Waals surface area contributed by atoms with Gasteiger partial charge in [0.2, 0.25) is 0 Å². The van der Waals surface area contributed by atoms with E-state index in [1.54, 1.807) is 4.74 Å². The van der Waals surface area contributed by atoms with Crippen molar-refractivity contribution in [1.82, 2.24) is 4.90 Å². The van der Waals surface area contributed by atoms with Gasteiger partial charge < -0.3 is 4.74 Å². The quantitative estimate of drug-likeness (QED) is 0.513. The second kappa shape index (κ2) is 5.21. The van der Waals surface area contributed by atoms with E-state index in [-0.39, 0.29) is 0 Å². The SMILES string of the molecule is COC(F)(F)C(F)(F)C(F)(F)N1C(F)(F)C(F)(F)OC(F)(F)C1(F)F. The van der Waals surface area contributed by atoms with Crippen LogP contribution in [0.4, 0.5) is 61.5 Å². The Kier molecular flexibility index (Phi) is 4.58. The first kappa shape index (κ1) is 21.9. The fourth-order valence-corrected chi connectivity index (χ4v) is 1.52. The molecule has 0 spiro atoms. The molecule has 1 fully saturated rings. The highest BCUT2D eigenvalue weighted by Gasteiger charge is 2.92. The van der Waals surface area contributed by atoms with Crippen molar-refractivity contribution in [2.24, 2.45) is 0 Å². The molecule has 0 aromatic heterocycles. The summed E-state index contributed by atoms with van der Waals surface area (Å²) in [6, 6.07) is -22.2. The molecule has 0 N–H and O–H groups in total. The highest BCUT2D eigenvalue weighted by atomic mass is 19.4. The molecule has 0 saturated carbocycles. The molecule has 1 aliphatic heterocycles. The molecule has 3 nitrogen and oxygen atoms in total. The van der Waals surface area contributed by atoms with E-state index in [2.05, 4.69) is 4.74 Å². The molecular weight excluding hydrogens is 408 g/mol. The minimum atomic E-state index is -7.68. The van der Waals surface area contributed by atoms with E-state index in [1.807, 2.05) is 0 Å². The zero-order valence-electron chi connectivity index (χ0n) is 11.1. The van der Waals surface area contributed by atoms with E-state index in [1.165, 1.54) is 0 Å². The molecule has 0 aliphatic carbocycles. The Hall–Kier alpha value is -1.10. The molecule has 1 saturated heterocycles. The Morgan fingerprint density at radius 1 is 0.720 bits per heavy atom. The predicted molar refractivity (Wildman–Crippen MR) is 44.6 cm³/mol. The molecule has 0 aromatic rings. The molecule has 150 valence electrons. The first-order valence-corrected chi connectivity index (χ1v) is 5.34. The van der Waals surface area contributed by atoms with Gasteiger partial charge in [-0.05, 0) is 0 Å². The number of alkyl halides is 14. The third kappa shape index (κ3) is 2.61. The first-order valence-electron chi connectivity index (χ1n) is 5.34. The van der Waals surface area contributed by atoms with Gasteiger partial charge in [-0.2, -0.15) is 61.5 Å². The zero-order valence-corrected chi connectivity index (χ0v) is 11.1. The lowest BCUT2D eigenvalue weighted by molar-refractivity contribution is -0.599. The Morgan fingerprint density at radius 3 is 1.32 bits per heavy atom. The monoisotopic (exact) mass is 411 g/mol. The molecule has 1 heterocycles. The van der Waals surface area contributed by atoms with Crippen molar-refractivity contribution in [3.8, 4) is 0 Å². The standard InChI is InChI=1S/C8H3F14NO2/c1-24-6(17,18)2(9,10)3(11,12)23-4(13,14)7(19,20)25-8(21,22)5(23,15)16/h1H3. The summed E-state index contributed by atoms with van der Waals surface area (Å²) in [6.45, 7) is 0. The van der Waals surface area contributed by atoms with Crippen molar-refractivity contribution in [3.05, 3.63) is 0 Å². The van der Waals surface area contributed by atoms with Crippen LogP contribution in [0.25, 0.3) is 0 Å². The van der Waals surface area contributed by atoms with Crippen LogP contribution in [-0.4, -0.2) is 54.4 Å². The molecule has 0 radical (unpaired) electrons. The zero-order chi connectivity index (χ0) is 20.5. The average Bonchev–Trinajstić information content (AvgIpc) is 2.34. The lowest BCUT2D eigenvalue weighted by Crippen LogP contribution is -2.81. The van der Waals surface area contributed by atoms with Gasteiger partial charge in [-0.1, -0.05) is 4.90 Å². The summed E-state index contributed by atoms with van der Waals surface area (Å²) in [6.07, 6.45) is -20.3. The molecule has 1 aliphatic rings. The third-order valence-corrected chi connectivity index (χ3v) is 2.80. The highest BCUT2D eigenvalue weighted by molar-refractivity contribution is 5.03. The van der Waals surface area contributed by atoms with Gasteiger partial charge >= 0.3 is 42.4 Å². The maximum absolute atomic E-state index is 13.4. The van der Waals surface area contributed by atoms with Crippen molar-refractivity contribution in [2.75, 3.05) is 7.11 Å². The summed E-state index contributed by atoms with van der Waals surface area (Å²) in [4.78, 5) is -4.02. The lowest BCUT2D eigenvalue weighted by Gasteiger charge is -2.50. The molecular formula is C8H3F14NO2. The van der Waals surface area contributed by atoms with Crippen LogP contribution in [0.2, 0.25) is 0 Å². The topological polar surface area (TPSA) is 21.7 Å². The van der Waals surface area contributed by atoms with Crippen LogP contribution in [-0.2, 0) is 9.47 Å². The van der Waals surface area contributed by atoms with Gasteiger partial charge in [0.1, 0.15) is 0 Å². The van der Waals surface area contributed by atoms with Crippen LogP contribution in [0.15, 0.2) is 0 Å². The van der Waals surface area contributed by atoms with E-state index in [9.17, 15) is 61.5 Å². The van der Waals surface area contributed by atoms with Gasteiger partial charge in [-0.15, -0.1) is 0 Å². The van der Waals surface area contributed by atoms with Crippen LogP contribution in [0, 0.1) is 0 Å². The molecule has 1 rings (SSSR count). The molecule has 0 atom stereocenters.